The summed E-state index contributed by atoms with van der Waals surface area (Å²) in [5.74, 6) is -3.70. The van der Waals surface area contributed by atoms with E-state index in [0.29, 0.717) is 38.7 Å². The topological polar surface area (TPSA) is 266 Å². The molecule has 6 rings (SSSR count). The molecule has 3 heterocycles. The molecule has 0 fully saturated rings. The van der Waals surface area contributed by atoms with Crippen molar-refractivity contribution in [3.05, 3.63) is 52.4 Å². The number of hydrogen-bond donors (Lipinski definition) is 3. The molecule has 3 aromatic carbocycles. The normalized spacial score (nSPS) is 13.6. The standard InChI is InChI=1S/C59H76N4O18/c1-28(2)43(60-54(68)79-57(7,8)9)50(64)75-35-21-20-31(24-37(35)71-16)41-42-34-26-38(72-17)39(77-51(65)44(29(3)4)61-55(69)80-58(10,11)12)27-36(34)76-53(67)47(42)63-23-22-32-33(46(41)63)25-40(73-18)49(74-19)48(32)78-52(66)45(30(5)6)62-56(70)81-59(13,14)15/h20-21,24-30,43-45H,22-23H2,1-19H3,(H,60,68)(H,61,69)(H,62,70)/t43-,44-,45-/m1/s1. The number of nitrogens with one attached hydrogen (secondary N) is 3. The number of fused-ring (bicyclic) bond motifs is 7. The third-order valence-corrected chi connectivity index (χ3v) is 12.6. The lowest BCUT2D eigenvalue weighted by atomic mass is 9.91. The summed E-state index contributed by atoms with van der Waals surface area (Å²) in [6.07, 6.45) is -2.33. The Balaban J connectivity index is 1.62. The van der Waals surface area contributed by atoms with Crippen LogP contribution in [0.25, 0.3) is 44.3 Å². The summed E-state index contributed by atoms with van der Waals surface area (Å²) in [6.45, 7) is 25.7. The first-order valence-electron chi connectivity index (χ1n) is 26.5. The van der Waals surface area contributed by atoms with Gasteiger partial charge in [-0.2, -0.15) is 0 Å². The zero-order valence-electron chi connectivity index (χ0n) is 49.6. The molecular weight excluding hydrogens is 1050 g/mol. The molecule has 0 unspecified atom stereocenters. The molecule has 3 N–H and O–H groups in total. The Hall–Kier alpha value is -8.17. The molecular formula is C59H76N4O18. The number of alkyl carbamates (subject to hydrolysis) is 3. The minimum Gasteiger partial charge on any atom is -0.493 e. The summed E-state index contributed by atoms with van der Waals surface area (Å²) < 4.78 is 65.9. The molecule has 0 bridgehead atoms. The SMILES string of the molecule is COc1cc(-c2c3n(c4c(=O)oc5cc(OC(=O)[C@H](NC(=O)OC(C)(C)C)C(C)C)c(OC)cc5c24)CCc2c-3cc(OC)c(OC)c2OC(=O)[C@H](NC(=O)OC(C)(C)C)C(C)C)ccc1OC(=O)[C@H](NC(=O)OC(C)(C)C)C(C)C. The second-order valence-electron chi connectivity index (χ2n) is 23.4. The van der Waals surface area contributed by atoms with Gasteiger partial charge in [0.25, 0.3) is 0 Å². The number of methoxy groups -OCH3 is 4. The fraction of sp³-hybridized carbons (Fsp3) is 0.508. The molecule has 0 saturated heterocycles. The zero-order valence-corrected chi connectivity index (χ0v) is 49.6. The number of rotatable bonds is 17. The quantitative estimate of drug-likeness (QED) is 0.0338. The number of carbonyl (C=O) groups excluding carboxylic acids is 6. The fourth-order valence-corrected chi connectivity index (χ4v) is 9.09. The van der Waals surface area contributed by atoms with Crippen LogP contribution in [0.2, 0.25) is 0 Å². The van der Waals surface area contributed by atoms with Gasteiger partial charge >= 0.3 is 41.8 Å². The number of amides is 3. The van der Waals surface area contributed by atoms with Crippen LogP contribution >= 0.6 is 0 Å². The Bertz CT molecular complexity index is 3300. The van der Waals surface area contributed by atoms with Crippen LogP contribution in [0.4, 0.5) is 14.4 Å². The predicted molar refractivity (Wildman–Crippen MR) is 300 cm³/mol. The molecule has 22 nitrogen and oxygen atoms in total. The highest BCUT2D eigenvalue weighted by Gasteiger charge is 2.38. The molecule has 1 aliphatic heterocycles. The molecule has 0 radical (unpaired) electrons. The number of esters is 3. The summed E-state index contributed by atoms with van der Waals surface area (Å²) in [6, 6.07) is 5.84. The van der Waals surface area contributed by atoms with Crippen LogP contribution < -0.4 is 54.7 Å². The van der Waals surface area contributed by atoms with Gasteiger partial charge in [0.05, 0.1) is 34.1 Å². The Morgan fingerprint density at radius 1 is 0.543 bits per heavy atom. The van der Waals surface area contributed by atoms with Crippen molar-refractivity contribution >= 4 is 58.1 Å². The summed E-state index contributed by atoms with van der Waals surface area (Å²) in [5, 5.41) is 8.48. The third kappa shape index (κ3) is 14.2. The van der Waals surface area contributed by atoms with E-state index in [0.717, 1.165) is 0 Å². The highest BCUT2D eigenvalue weighted by molar-refractivity contribution is 6.17. The first-order chi connectivity index (χ1) is 37.7. The Labute approximate surface area is 470 Å². The summed E-state index contributed by atoms with van der Waals surface area (Å²) in [7, 11) is 5.54. The van der Waals surface area contributed by atoms with E-state index in [1.807, 2.05) is 0 Å². The summed E-state index contributed by atoms with van der Waals surface area (Å²) in [5.41, 5.74) is -1.17. The van der Waals surface area contributed by atoms with Gasteiger partial charge in [0.15, 0.2) is 34.5 Å². The van der Waals surface area contributed by atoms with E-state index in [2.05, 4.69) is 16.0 Å². The highest BCUT2D eigenvalue weighted by Crippen LogP contribution is 2.53. The largest absolute Gasteiger partial charge is 0.493 e. The predicted octanol–water partition coefficient (Wildman–Crippen LogP) is 10.0. The number of benzene rings is 3. The lowest BCUT2D eigenvalue weighted by molar-refractivity contribution is -0.138. The van der Waals surface area contributed by atoms with Crippen molar-refractivity contribution in [3.63, 3.8) is 0 Å². The second kappa shape index (κ2) is 24.3. The van der Waals surface area contributed by atoms with Gasteiger partial charge < -0.3 is 72.3 Å². The Kier molecular flexibility index (Phi) is 18.6. The van der Waals surface area contributed by atoms with Gasteiger partial charge in [-0.15, -0.1) is 0 Å². The number of hydrogen-bond acceptors (Lipinski definition) is 18. The van der Waals surface area contributed by atoms with Gasteiger partial charge in [-0.25, -0.2) is 33.6 Å². The maximum absolute atomic E-state index is 14.8. The first-order valence-corrected chi connectivity index (χ1v) is 26.5. The Morgan fingerprint density at radius 3 is 1.44 bits per heavy atom. The number of ether oxygens (including phenoxy) is 10. The number of carbonyl (C=O) groups is 6. The van der Waals surface area contributed by atoms with Crippen LogP contribution in [0.15, 0.2) is 45.6 Å². The second-order valence-corrected chi connectivity index (χ2v) is 23.4. The minimum atomic E-state index is -1.19. The third-order valence-electron chi connectivity index (χ3n) is 12.6. The van der Waals surface area contributed by atoms with Crippen molar-refractivity contribution in [2.75, 3.05) is 28.4 Å². The van der Waals surface area contributed by atoms with Gasteiger partial charge in [0.1, 0.15) is 46.0 Å². The molecule has 81 heavy (non-hydrogen) atoms. The molecule has 0 spiro atoms. The molecule has 0 saturated carbocycles. The van der Waals surface area contributed by atoms with Crippen molar-refractivity contribution in [2.24, 2.45) is 17.8 Å². The van der Waals surface area contributed by atoms with Crippen molar-refractivity contribution in [3.8, 4) is 62.6 Å². The van der Waals surface area contributed by atoms with Crippen molar-refractivity contribution < 1.29 is 80.6 Å². The maximum atomic E-state index is 14.8. The molecule has 2 aromatic heterocycles. The van der Waals surface area contributed by atoms with Crippen LogP contribution in [0, 0.1) is 17.8 Å². The van der Waals surface area contributed by atoms with E-state index in [1.165, 1.54) is 40.6 Å². The maximum Gasteiger partial charge on any atom is 0.408 e. The van der Waals surface area contributed by atoms with E-state index in [-0.39, 0.29) is 64.3 Å². The molecule has 440 valence electrons. The molecule has 3 atom stereocenters. The average Bonchev–Trinajstić information content (AvgIpc) is 2.90. The van der Waals surface area contributed by atoms with Gasteiger partial charge in [0, 0.05) is 40.1 Å². The molecule has 1 aliphatic rings. The van der Waals surface area contributed by atoms with Crippen LogP contribution in [-0.2, 0) is 41.6 Å². The van der Waals surface area contributed by atoms with E-state index < -0.39 is 94.5 Å². The van der Waals surface area contributed by atoms with Crippen molar-refractivity contribution in [2.45, 2.75) is 152 Å². The number of aryl methyl sites for hydroxylation is 1. The van der Waals surface area contributed by atoms with Gasteiger partial charge in [-0.05, 0) is 116 Å². The first kappa shape index (κ1) is 62.0. The van der Waals surface area contributed by atoms with Crippen LogP contribution in [0.3, 0.4) is 0 Å². The van der Waals surface area contributed by atoms with Crippen molar-refractivity contribution in [1.29, 1.82) is 0 Å². The van der Waals surface area contributed by atoms with E-state index in [1.54, 1.807) is 133 Å². The van der Waals surface area contributed by atoms with Crippen LogP contribution in [0.5, 0.6) is 40.2 Å². The Morgan fingerprint density at radius 2 is 1.00 bits per heavy atom. The number of nitrogens with zero attached hydrogens (tertiary/aromatic N) is 1. The number of aromatic nitrogens is 1. The molecule has 0 aliphatic carbocycles. The summed E-state index contributed by atoms with van der Waals surface area (Å²) in [4.78, 5) is 95.8. The molecule has 3 amide bonds. The minimum absolute atomic E-state index is 0.0126. The highest BCUT2D eigenvalue weighted by atomic mass is 16.6. The van der Waals surface area contributed by atoms with Crippen LogP contribution in [-0.4, -0.2) is 104 Å². The van der Waals surface area contributed by atoms with E-state index in [4.69, 9.17) is 51.8 Å². The monoisotopic (exact) mass is 1130 g/mol. The van der Waals surface area contributed by atoms with Gasteiger partial charge in [-0.1, -0.05) is 47.6 Å². The fourth-order valence-electron chi connectivity index (χ4n) is 9.09. The van der Waals surface area contributed by atoms with E-state index >= 15 is 0 Å². The molecule has 5 aromatic rings. The summed E-state index contributed by atoms with van der Waals surface area (Å²) >= 11 is 0. The average molecular weight is 1130 g/mol. The van der Waals surface area contributed by atoms with Gasteiger partial charge in [0.2, 0.25) is 5.75 Å². The van der Waals surface area contributed by atoms with Crippen LogP contribution in [0.1, 0.15) is 109 Å². The van der Waals surface area contributed by atoms with E-state index in [9.17, 15) is 33.6 Å². The smallest absolute Gasteiger partial charge is 0.408 e. The zero-order chi connectivity index (χ0) is 60.4. The lowest BCUT2D eigenvalue weighted by Crippen LogP contribution is -2.48. The van der Waals surface area contributed by atoms with Crippen molar-refractivity contribution in [1.82, 2.24) is 20.5 Å². The lowest BCUT2D eigenvalue weighted by Gasteiger charge is -2.28. The van der Waals surface area contributed by atoms with Gasteiger partial charge in [-0.3, -0.25) is 0 Å². The molecule has 22 heteroatoms.